The van der Waals surface area contributed by atoms with E-state index >= 15 is 0 Å². The van der Waals surface area contributed by atoms with Crippen LogP contribution in [0.3, 0.4) is 0 Å². The third kappa shape index (κ3) is 3.47. The fraction of sp³-hybridized carbons (Fsp3) is 0.571. The maximum absolute atomic E-state index is 12.1. The number of ether oxygens (including phenoxy) is 1. The summed E-state index contributed by atoms with van der Waals surface area (Å²) in [5.41, 5.74) is 2.98. The molecular formula is C14H19BrN2O2. The summed E-state index contributed by atoms with van der Waals surface area (Å²) in [4.78, 5) is 18.2. The van der Waals surface area contributed by atoms with Crippen molar-refractivity contribution >= 4 is 22.0 Å². The van der Waals surface area contributed by atoms with Crippen LogP contribution in [0.25, 0.3) is 0 Å². The Bertz CT molecular complexity index is 469. The molecule has 4 nitrogen and oxygen atoms in total. The molecule has 0 saturated carbocycles. The van der Waals surface area contributed by atoms with Crippen LogP contribution in [0.15, 0.2) is 12.3 Å². The van der Waals surface area contributed by atoms with Crippen LogP contribution in [0.5, 0.6) is 0 Å². The molecule has 2 rings (SSSR count). The number of pyridine rings is 1. The van der Waals surface area contributed by atoms with Gasteiger partial charge >= 0.3 is 6.09 Å². The minimum atomic E-state index is -0.454. The van der Waals surface area contributed by atoms with Crippen LogP contribution in [0.2, 0.25) is 0 Å². The van der Waals surface area contributed by atoms with E-state index in [1.54, 1.807) is 4.90 Å². The Morgan fingerprint density at radius 2 is 2.26 bits per heavy atom. The number of carbonyl (C=O) groups is 1. The number of halogens is 1. The average molecular weight is 327 g/mol. The molecule has 2 heterocycles. The largest absolute Gasteiger partial charge is 0.444 e. The summed E-state index contributed by atoms with van der Waals surface area (Å²) in [6.07, 6.45) is 2.44. The molecule has 104 valence electrons. The standard InChI is InChI=1S/C14H19BrN2O2/c1-14(2,3)19-13(18)17-7-5-10-4-6-16-12(8-15)11(10)9-17/h4,6H,5,7-9H2,1-3H3. The van der Waals surface area contributed by atoms with Crippen LogP contribution in [-0.4, -0.2) is 28.1 Å². The second-order valence-corrected chi connectivity index (χ2v) is 6.24. The molecular weight excluding hydrogens is 308 g/mol. The predicted molar refractivity (Wildman–Crippen MR) is 77.2 cm³/mol. The fourth-order valence-electron chi connectivity index (χ4n) is 2.13. The molecule has 1 aliphatic heterocycles. The van der Waals surface area contributed by atoms with Crippen molar-refractivity contribution in [2.24, 2.45) is 0 Å². The molecule has 0 atom stereocenters. The first-order chi connectivity index (χ1) is 8.90. The number of nitrogens with zero attached hydrogens (tertiary/aromatic N) is 2. The number of carbonyl (C=O) groups excluding carboxylic acids is 1. The highest BCUT2D eigenvalue weighted by Crippen LogP contribution is 2.24. The Hall–Kier alpha value is -1.10. The third-order valence-electron chi connectivity index (χ3n) is 3.02. The van der Waals surface area contributed by atoms with E-state index in [0.29, 0.717) is 18.4 Å². The zero-order valence-corrected chi connectivity index (χ0v) is 13.2. The summed E-state index contributed by atoms with van der Waals surface area (Å²) in [5.74, 6) is 0. The lowest BCUT2D eigenvalue weighted by Crippen LogP contribution is -2.40. The fourth-order valence-corrected chi connectivity index (χ4v) is 2.61. The van der Waals surface area contributed by atoms with Gasteiger partial charge in [0.25, 0.3) is 0 Å². The van der Waals surface area contributed by atoms with Crippen molar-refractivity contribution < 1.29 is 9.53 Å². The molecule has 0 fully saturated rings. The molecule has 0 N–H and O–H groups in total. The van der Waals surface area contributed by atoms with Crippen LogP contribution in [-0.2, 0) is 23.0 Å². The summed E-state index contributed by atoms with van der Waals surface area (Å²) in [5, 5.41) is 0.707. The van der Waals surface area contributed by atoms with Crippen molar-refractivity contribution in [3.63, 3.8) is 0 Å². The molecule has 1 aliphatic rings. The molecule has 1 aromatic heterocycles. The normalized spacial score (nSPS) is 15.1. The van der Waals surface area contributed by atoms with Gasteiger partial charge in [0.15, 0.2) is 0 Å². The Morgan fingerprint density at radius 1 is 1.53 bits per heavy atom. The maximum Gasteiger partial charge on any atom is 0.410 e. The van der Waals surface area contributed by atoms with Gasteiger partial charge in [0.2, 0.25) is 0 Å². The van der Waals surface area contributed by atoms with E-state index in [9.17, 15) is 4.79 Å². The van der Waals surface area contributed by atoms with Crippen LogP contribution in [0.4, 0.5) is 4.79 Å². The number of alkyl halides is 1. The van der Waals surface area contributed by atoms with E-state index in [1.165, 1.54) is 5.56 Å². The van der Waals surface area contributed by atoms with Gasteiger partial charge < -0.3 is 9.64 Å². The molecule has 0 aliphatic carbocycles. The van der Waals surface area contributed by atoms with Gasteiger partial charge in [-0.25, -0.2) is 4.79 Å². The first-order valence-corrected chi connectivity index (χ1v) is 7.52. The van der Waals surface area contributed by atoms with Gasteiger partial charge in [0.05, 0.1) is 12.2 Å². The van der Waals surface area contributed by atoms with Gasteiger partial charge in [-0.2, -0.15) is 0 Å². The van der Waals surface area contributed by atoms with Crippen molar-refractivity contribution in [3.05, 3.63) is 29.1 Å². The third-order valence-corrected chi connectivity index (χ3v) is 3.55. The van der Waals surface area contributed by atoms with Gasteiger partial charge in [-0.05, 0) is 44.4 Å². The topological polar surface area (TPSA) is 42.4 Å². The Morgan fingerprint density at radius 3 is 2.89 bits per heavy atom. The van der Waals surface area contributed by atoms with Crippen molar-refractivity contribution in [3.8, 4) is 0 Å². The van der Waals surface area contributed by atoms with Gasteiger partial charge in [-0.15, -0.1) is 0 Å². The Labute approximate surface area is 122 Å². The van der Waals surface area contributed by atoms with E-state index in [2.05, 4.69) is 20.9 Å². The smallest absolute Gasteiger partial charge is 0.410 e. The van der Waals surface area contributed by atoms with E-state index in [-0.39, 0.29) is 6.09 Å². The molecule has 0 bridgehead atoms. The quantitative estimate of drug-likeness (QED) is 0.744. The minimum Gasteiger partial charge on any atom is -0.444 e. The Kier molecular flexibility index (Phi) is 4.13. The molecule has 19 heavy (non-hydrogen) atoms. The SMILES string of the molecule is CC(C)(C)OC(=O)N1CCc2ccnc(CBr)c2C1. The highest BCUT2D eigenvalue weighted by Gasteiger charge is 2.26. The summed E-state index contributed by atoms with van der Waals surface area (Å²) >= 11 is 3.45. The number of aromatic nitrogens is 1. The van der Waals surface area contributed by atoms with Crippen LogP contribution in [0.1, 0.15) is 37.6 Å². The first-order valence-electron chi connectivity index (χ1n) is 6.40. The van der Waals surface area contributed by atoms with Gasteiger partial charge in [0, 0.05) is 18.1 Å². The number of fused-ring (bicyclic) bond motifs is 1. The van der Waals surface area contributed by atoms with E-state index < -0.39 is 5.60 Å². The monoisotopic (exact) mass is 326 g/mol. The van der Waals surface area contributed by atoms with Gasteiger partial charge in [-0.3, -0.25) is 4.98 Å². The van der Waals surface area contributed by atoms with Crippen LogP contribution >= 0.6 is 15.9 Å². The predicted octanol–water partition coefficient (Wildman–Crippen LogP) is 3.27. The number of hydrogen-bond donors (Lipinski definition) is 0. The lowest BCUT2D eigenvalue weighted by Gasteiger charge is -2.31. The minimum absolute atomic E-state index is 0.248. The van der Waals surface area contributed by atoms with Crippen molar-refractivity contribution in [1.29, 1.82) is 0 Å². The first kappa shape index (κ1) is 14.3. The highest BCUT2D eigenvalue weighted by molar-refractivity contribution is 9.08. The molecule has 0 spiro atoms. The van der Waals surface area contributed by atoms with E-state index in [4.69, 9.17) is 4.74 Å². The molecule has 5 heteroatoms. The molecule has 0 saturated heterocycles. The van der Waals surface area contributed by atoms with Crippen LogP contribution < -0.4 is 0 Å². The zero-order valence-electron chi connectivity index (χ0n) is 11.6. The van der Waals surface area contributed by atoms with E-state index in [1.807, 2.05) is 33.0 Å². The molecule has 0 aromatic carbocycles. The lowest BCUT2D eigenvalue weighted by atomic mass is 10.00. The van der Waals surface area contributed by atoms with Crippen molar-refractivity contribution in [2.45, 2.75) is 44.7 Å². The lowest BCUT2D eigenvalue weighted by molar-refractivity contribution is 0.0223. The zero-order chi connectivity index (χ0) is 14.0. The van der Waals surface area contributed by atoms with Crippen LogP contribution in [0, 0.1) is 0 Å². The highest BCUT2D eigenvalue weighted by atomic mass is 79.9. The summed E-state index contributed by atoms with van der Waals surface area (Å²) < 4.78 is 5.42. The molecule has 1 amide bonds. The molecule has 0 radical (unpaired) electrons. The van der Waals surface area contributed by atoms with Gasteiger partial charge in [0.1, 0.15) is 5.60 Å². The number of amides is 1. The average Bonchev–Trinajstić information content (AvgIpc) is 2.35. The number of hydrogen-bond acceptors (Lipinski definition) is 3. The maximum atomic E-state index is 12.1. The summed E-state index contributed by atoms with van der Waals surface area (Å²) in [6.45, 7) is 6.93. The number of rotatable bonds is 1. The van der Waals surface area contributed by atoms with E-state index in [0.717, 1.165) is 17.7 Å². The molecule has 1 aromatic rings. The molecule has 0 unspecified atom stereocenters. The van der Waals surface area contributed by atoms with Crippen molar-refractivity contribution in [2.75, 3.05) is 6.54 Å². The van der Waals surface area contributed by atoms with Crippen molar-refractivity contribution in [1.82, 2.24) is 9.88 Å². The summed E-state index contributed by atoms with van der Waals surface area (Å²) in [6, 6.07) is 2.04. The van der Waals surface area contributed by atoms with Gasteiger partial charge in [-0.1, -0.05) is 15.9 Å². The second-order valence-electron chi connectivity index (χ2n) is 5.68. The Balaban J connectivity index is 2.15. The summed E-state index contributed by atoms with van der Waals surface area (Å²) in [7, 11) is 0. The second kappa shape index (κ2) is 5.49.